The van der Waals surface area contributed by atoms with Crippen LogP contribution in [0, 0.1) is 5.92 Å². The minimum atomic E-state index is 0. The van der Waals surface area contributed by atoms with Gasteiger partial charge in [0, 0.05) is 52.2 Å². The van der Waals surface area contributed by atoms with Crippen LogP contribution in [0.4, 0.5) is 0 Å². The van der Waals surface area contributed by atoms with Crippen LogP contribution in [0.1, 0.15) is 39.5 Å². The standard InChI is InChI=1S/C17H33N5O.HI/c1-4-16(23)22-10-7-15(13-22)20-17(18-3)19-8-11-21-9-5-6-14(2)12-21;/h14-15H,4-13H2,1-3H3,(H2,18,19,20);1H. The van der Waals surface area contributed by atoms with Crippen molar-refractivity contribution in [3.05, 3.63) is 0 Å². The molecule has 7 heteroatoms. The fourth-order valence-corrected chi connectivity index (χ4v) is 3.54. The van der Waals surface area contributed by atoms with E-state index in [1.807, 2.05) is 18.9 Å². The van der Waals surface area contributed by atoms with Crippen molar-refractivity contribution in [2.45, 2.75) is 45.6 Å². The number of nitrogens with one attached hydrogen (secondary N) is 2. The molecule has 0 aliphatic carbocycles. The lowest BCUT2D eigenvalue weighted by Gasteiger charge is -2.31. The second kappa shape index (κ2) is 11.1. The molecular weight excluding hydrogens is 417 g/mol. The average Bonchev–Trinajstić information content (AvgIpc) is 3.02. The first-order valence-corrected chi connectivity index (χ1v) is 9.09. The van der Waals surface area contributed by atoms with Crippen molar-refractivity contribution in [2.75, 3.05) is 46.3 Å². The van der Waals surface area contributed by atoms with Gasteiger partial charge in [0.15, 0.2) is 5.96 Å². The van der Waals surface area contributed by atoms with Gasteiger partial charge in [-0.3, -0.25) is 9.79 Å². The summed E-state index contributed by atoms with van der Waals surface area (Å²) in [5.41, 5.74) is 0. The van der Waals surface area contributed by atoms with Gasteiger partial charge in [0.05, 0.1) is 0 Å². The molecule has 2 unspecified atom stereocenters. The molecule has 0 aromatic carbocycles. The van der Waals surface area contributed by atoms with E-state index < -0.39 is 0 Å². The van der Waals surface area contributed by atoms with Crippen molar-refractivity contribution in [1.29, 1.82) is 0 Å². The van der Waals surface area contributed by atoms with Crippen LogP contribution in [0.25, 0.3) is 0 Å². The Hall–Kier alpha value is -0.570. The number of aliphatic imine (C=N–C) groups is 1. The third-order valence-electron chi connectivity index (χ3n) is 4.87. The lowest BCUT2D eigenvalue weighted by atomic mass is 10.0. The Labute approximate surface area is 163 Å². The van der Waals surface area contributed by atoms with E-state index in [1.54, 1.807) is 0 Å². The zero-order chi connectivity index (χ0) is 16.7. The van der Waals surface area contributed by atoms with Gasteiger partial charge in [0.25, 0.3) is 0 Å². The maximum Gasteiger partial charge on any atom is 0.222 e. The first-order chi connectivity index (χ1) is 11.1. The van der Waals surface area contributed by atoms with E-state index in [1.165, 1.54) is 25.9 Å². The quantitative estimate of drug-likeness (QED) is 0.378. The molecule has 2 fully saturated rings. The van der Waals surface area contributed by atoms with Crippen molar-refractivity contribution in [3.8, 4) is 0 Å². The minimum absolute atomic E-state index is 0. The van der Waals surface area contributed by atoms with Gasteiger partial charge in [0.1, 0.15) is 0 Å². The molecule has 2 rings (SSSR count). The van der Waals surface area contributed by atoms with Gasteiger partial charge in [-0.2, -0.15) is 0 Å². The van der Waals surface area contributed by atoms with Crippen LogP contribution in [0.5, 0.6) is 0 Å². The lowest BCUT2D eigenvalue weighted by molar-refractivity contribution is -0.129. The molecule has 0 bridgehead atoms. The largest absolute Gasteiger partial charge is 0.355 e. The summed E-state index contributed by atoms with van der Waals surface area (Å²) in [6.07, 6.45) is 4.27. The average molecular weight is 451 g/mol. The molecule has 2 atom stereocenters. The molecule has 0 spiro atoms. The van der Waals surface area contributed by atoms with Crippen LogP contribution in [0.3, 0.4) is 0 Å². The van der Waals surface area contributed by atoms with E-state index in [0.717, 1.165) is 44.5 Å². The fraction of sp³-hybridized carbons (Fsp3) is 0.882. The maximum absolute atomic E-state index is 11.7. The van der Waals surface area contributed by atoms with Gasteiger partial charge in [-0.1, -0.05) is 13.8 Å². The monoisotopic (exact) mass is 451 g/mol. The molecule has 6 nitrogen and oxygen atoms in total. The predicted octanol–water partition coefficient (Wildman–Crippen LogP) is 1.51. The number of piperidine rings is 1. The predicted molar refractivity (Wildman–Crippen MR) is 110 cm³/mol. The lowest BCUT2D eigenvalue weighted by Crippen LogP contribution is -2.47. The van der Waals surface area contributed by atoms with Crippen LogP contribution < -0.4 is 10.6 Å². The van der Waals surface area contributed by atoms with Gasteiger partial charge in [-0.05, 0) is 31.7 Å². The van der Waals surface area contributed by atoms with Crippen molar-refractivity contribution in [2.24, 2.45) is 10.9 Å². The molecule has 2 saturated heterocycles. The number of hydrogen-bond acceptors (Lipinski definition) is 3. The van der Waals surface area contributed by atoms with Crippen LogP contribution in [0.15, 0.2) is 4.99 Å². The minimum Gasteiger partial charge on any atom is -0.355 e. The van der Waals surface area contributed by atoms with E-state index in [2.05, 4.69) is 27.4 Å². The highest BCUT2D eigenvalue weighted by atomic mass is 127. The molecule has 140 valence electrons. The maximum atomic E-state index is 11.7. The molecule has 1 amide bonds. The summed E-state index contributed by atoms with van der Waals surface area (Å²) in [7, 11) is 1.81. The Balaban J connectivity index is 0.00000288. The Morgan fingerprint density at radius 1 is 1.25 bits per heavy atom. The number of carbonyl (C=O) groups is 1. The molecule has 2 aliphatic rings. The number of guanidine groups is 1. The van der Waals surface area contributed by atoms with Crippen LogP contribution in [-0.4, -0.2) is 74.0 Å². The summed E-state index contributed by atoms with van der Waals surface area (Å²) in [6, 6.07) is 0.312. The molecule has 0 radical (unpaired) electrons. The highest BCUT2D eigenvalue weighted by Crippen LogP contribution is 2.14. The summed E-state index contributed by atoms with van der Waals surface area (Å²) < 4.78 is 0. The van der Waals surface area contributed by atoms with E-state index in [-0.39, 0.29) is 29.9 Å². The fourth-order valence-electron chi connectivity index (χ4n) is 3.54. The molecule has 0 aromatic heterocycles. The Kier molecular flexibility index (Phi) is 9.95. The number of carbonyl (C=O) groups excluding carboxylic acids is 1. The molecule has 24 heavy (non-hydrogen) atoms. The van der Waals surface area contributed by atoms with Gasteiger partial charge in [-0.25, -0.2) is 0 Å². The first-order valence-electron chi connectivity index (χ1n) is 9.09. The zero-order valence-electron chi connectivity index (χ0n) is 15.4. The topological polar surface area (TPSA) is 60.0 Å². The molecule has 0 aromatic rings. The SMILES string of the molecule is CCC(=O)N1CCC(NC(=NC)NCCN2CCCC(C)C2)C1.I. The zero-order valence-corrected chi connectivity index (χ0v) is 17.7. The molecule has 2 aliphatic heterocycles. The van der Waals surface area contributed by atoms with Crippen molar-refractivity contribution >= 4 is 35.8 Å². The Bertz CT molecular complexity index is 418. The molecular formula is C17H34IN5O. The summed E-state index contributed by atoms with van der Waals surface area (Å²) in [5.74, 6) is 1.92. The normalized spacial score (nSPS) is 25.3. The van der Waals surface area contributed by atoms with Gasteiger partial charge in [-0.15, -0.1) is 24.0 Å². The number of nitrogens with zero attached hydrogens (tertiary/aromatic N) is 3. The summed E-state index contributed by atoms with van der Waals surface area (Å²) in [6.45, 7) is 10.3. The third kappa shape index (κ3) is 6.74. The van der Waals surface area contributed by atoms with E-state index >= 15 is 0 Å². The van der Waals surface area contributed by atoms with Gasteiger partial charge < -0.3 is 20.4 Å². The van der Waals surface area contributed by atoms with Crippen molar-refractivity contribution < 1.29 is 4.79 Å². The summed E-state index contributed by atoms with van der Waals surface area (Å²) in [5, 5.41) is 6.86. The van der Waals surface area contributed by atoms with Crippen molar-refractivity contribution in [1.82, 2.24) is 20.4 Å². The second-order valence-electron chi connectivity index (χ2n) is 6.87. The molecule has 2 heterocycles. The van der Waals surface area contributed by atoms with E-state index in [4.69, 9.17) is 0 Å². The smallest absolute Gasteiger partial charge is 0.222 e. The number of likely N-dealkylation sites (tertiary alicyclic amines) is 2. The van der Waals surface area contributed by atoms with Crippen LogP contribution in [0.2, 0.25) is 0 Å². The summed E-state index contributed by atoms with van der Waals surface area (Å²) >= 11 is 0. The molecule has 0 saturated carbocycles. The van der Waals surface area contributed by atoms with E-state index in [0.29, 0.717) is 12.5 Å². The van der Waals surface area contributed by atoms with Gasteiger partial charge >= 0.3 is 0 Å². The first kappa shape index (κ1) is 21.5. The number of rotatable bonds is 5. The highest BCUT2D eigenvalue weighted by molar-refractivity contribution is 14.0. The highest BCUT2D eigenvalue weighted by Gasteiger charge is 2.25. The summed E-state index contributed by atoms with van der Waals surface area (Å²) in [4.78, 5) is 20.5. The van der Waals surface area contributed by atoms with Crippen LogP contribution >= 0.6 is 24.0 Å². The molecule has 2 N–H and O–H groups in total. The number of halogens is 1. The van der Waals surface area contributed by atoms with Gasteiger partial charge in [0.2, 0.25) is 5.91 Å². The van der Waals surface area contributed by atoms with Crippen molar-refractivity contribution in [3.63, 3.8) is 0 Å². The van der Waals surface area contributed by atoms with E-state index in [9.17, 15) is 4.79 Å². The second-order valence-corrected chi connectivity index (χ2v) is 6.87. The number of amides is 1. The number of hydrogen-bond donors (Lipinski definition) is 2. The Morgan fingerprint density at radius 3 is 2.71 bits per heavy atom. The third-order valence-corrected chi connectivity index (χ3v) is 4.87. The Morgan fingerprint density at radius 2 is 2.04 bits per heavy atom. The van der Waals surface area contributed by atoms with Crippen LogP contribution in [-0.2, 0) is 4.79 Å².